The van der Waals surface area contributed by atoms with E-state index < -0.39 is 0 Å². The van der Waals surface area contributed by atoms with Gasteiger partial charge in [0.15, 0.2) is 0 Å². The molecule has 1 heterocycles. The molecule has 6 nitrogen and oxygen atoms in total. The first kappa shape index (κ1) is 21.4. The Hall–Kier alpha value is -2.28. The van der Waals surface area contributed by atoms with Crippen molar-refractivity contribution in [1.29, 1.82) is 0 Å². The SMILES string of the molecule is CNc1cc(OC)c(C(=O)NCC[C@H]2C[C@@H](O)CN2Cc2ccccc2)cc1Cl. The fourth-order valence-electron chi connectivity index (χ4n) is 3.81. The van der Waals surface area contributed by atoms with Crippen molar-refractivity contribution in [3.8, 4) is 5.75 Å². The van der Waals surface area contributed by atoms with E-state index in [1.165, 1.54) is 12.7 Å². The molecule has 0 aliphatic carbocycles. The second-order valence-electron chi connectivity index (χ2n) is 7.29. The van der Waals surface area contributed by atoms with Crippen LogP contribution in [0, 0.1) is 0 Å². The van der Waals surface area contributed by atoms with Crippen LogP contribution in [0.25, 0.3) is 0 Å². The maximum Gasteiger partial charge on any atom is 0.255 e. The summed E-state index contributed by atoms with van der Waals surface area (Å²) in [6.07, 6.45) is 1.15. The fraction of sp³-hybridized carbons (Fsp3) is 0.409. The number of β-amino-alcohol motifs (C(OH)–C–C–N with tert-alkyl or cyclic N) is 1. The Balaban J connectivity index is 1.58. The number of aliphatic hydroxyl groups excluding tert-OH is 1. The van der Waals surface area contributed by atoms with Crippen LogP contribution in [0.15, 0.2) is 42.5 Å². The van der Waals surface area contributed by atoms with E-state index in [1.807, 2.05) is 18.2 Å². The summed E-state index contributed by atoms with van der Waals surface area (Å²) in [6, 6.07) is 13.8. The van der Waals surface area contributed by atoms with Gasteiger partial charge in [-0.3, -0.25) is 9.69 Å². The zero-order valence-corrected chi connectivity index (χ0v) is 17.6. The lowest BCUT2D eigenvalue weighted by molar-refractivity contribution is 0.0946. The molecule has 3 N–H and O–H groups in total. The molecular weight excluding hydrogens is 390 g/mol. The number of aliphatic hydroxyl groups is 1. The van der Waals surface area contributed by atoms with Gasteiger partial charge in [0.05, 0.1) is 29.5 Å². The van der Waals surface area contributed by atoms with Crippen LogP contribution in [0.2, 0.25) is 5.02 Å². The number of nitrogens with one attached hydrogen (secondary N) is 2. The van der Waals surface area contributed by atoms with Crippen molar-refractivity contribution in [2.45, 2.75) is 31.5 Å². The number of hydrogen-bond acceptors (Lipinski definition) is 5. The lowest BCUT2D eigenvalue weighted by Gasteiger charge is -2.24. The van der Waals surface area contributed by atoms with Crippen LogP contribution < -0.4 is 15.4 Å². The van der Waals surface area contributed by atoms with Gasteiger partial charge in [0.25, 0.3) is 5.91 Å². The van der Waals surface area contributed by atoms with Gasteiger partial charge in [-0.25, -0.2) is 0 Å². The third kappa shape index (κ3) is 5.41. The number of ether oxygens (including phenoxy) is 1. The van der Waals surface area contributed by atoms with Crippen LogP contribution in [0.1, 0.15) is 28.8 Å². The van der Waals surface area contributed by atoms with Crippen molar-refractivity contribution in [3.05, 3.63) is 58.6 Å². The second-order valence-corrected chi connectivity index (χ2v) is 7.69. The predicted molar refractivity (Wildman–Crippen MR) is 116 cm³/mol. The van der Waals surface area contributed by atoms with E-state index >= 15 is 0 Å². The maximum absolute atomic E-state index is 12.7. The smallest absolute Gasteiger partial charge is 0.255 e. The van der Waals surface area contributed by atoms with Crippen LogP contribution in [0.4, 0.5) is 5.69 Å². The molecule has 1 saturated heterocycles. The number of methoxy groups -OCH3 is 1. The highest BCUT2D eigenvalue weighted by Crippen LogP contribution is 2.30. The van der Waals surface area contributed by atoms with Gasteiger partial charge in [-0.1, -0.05) is 41.9 Å². The first-order chi connectivity index (χ1) is 14.0. The van der Waals surface area contributed by atoms with E-state index in [9.17, 15) is 9.90 Å². The highest BCUT2D eigenvalue weighted by Gasteiger charge is 2.30. The first-order valence-corrected chi connectivity index (χ1v) is 10.2. The van der Waals surface area contributed by atoms with Crippen LogP contribution in [0.5, 0.6) is 5.75 Å². The third-order valence-corrected chi connectivity index (χ3v) is 5.61. The zero-order chi connectivity index (χ0) is 20.8. The Labute approximate surface area is 176 Å². The minimum absolute atomic E-state index is 0.223. The highest BCUT2D eigenvalue weighted by atomic mass is 35.5. The molecule has 29 heavy (non-hydrogen) atoms. The summed E-state index contributed by atoms with van der Waals surface area (Å²) < 4.78 is 5.34. The summed E-state index contributed by atoms with van der Waals surface area (Å²) in [5.74, 6) is 0.248. The molecule has 0 bridgehead atoms. The Bertz CT molecular complexity index is 832. The van der Waals surface area contributed by atoms with Gasteiger partial charge >= 0.3 is 0 Å². The molecule has 1 aliphatic rings. The minimum Gasteiger partial charge on any atom is -0.496 e. The minimum atomic E-state index is -0.326. The molecule has 3 rings (SSSR count). The van der Waals surface area contributed by atoms with E-state index in [1.54, 1.807) is 19.2 Å². The molecule has 0 radical (unpaired) electrons. The number of benzene rings is 2. The molecule has 7 heteroatoms. The standard InChI is InChI=1S/C22H28ClN3O3/c1-24-20-12-21(29-2)18(11-19(20)23)22(28)25-9-8-16-10-17(27)14-26(16)13-15-6-4-3-5-7-15/h3-7,11-12,16-17,24,27H,8-10,13-14H2,1-2H3,(H,25,28)/t16-,17+/m0/s1. The van der Waals surface area contributed by atoms with Crippen molar-refractivity contribution in [1.82, 2.24) is 10.2 Å². The Kier molecular flexibility index (Phi) is 7.36. The molecule has 0 unspecified atom stereocenters. The van der Waals surface area contributed by atoms with Gasteiger partial charge in [-0.05, 0) is 24.5 Å². The molecule has 0 aromatic heterocycles. The van der Waals surface area contributed by atoms with Crippen LogP contribution in [-0.4, -0.2) is 55.3 Å². The van der Waals surface area contributed by atoms with Gasteiger partial charge in [0.2, 0.25) is 0 Å². The largest absolute Gasteiger partial charge is 0.496 e. The molecule has 1 fully saturated rings. The van der Waals surface area contributed by atoms with Gasteiger partial charge in [0, 0.05) is 38.8 Å². The monoisotopic (exact) mass is 417 g/mol. The van der Waals surface area contributed by atoms with Gasteiger partial charge in [0.1, 0.15) is 5.75 Å². The molecule has 2 aromatic carbocycles. The zero-order valence-electron chi connectivity index (χ0n) is 16.8. The molecule has 156 valence electrons. The fourth-order valence-corrected chi connectivity index (χ4v) is 4.07. The average molecular weight is 418 g/mol. The van der Waals surface area contributed by atoms with Gasteiger partial charge in [-0.15, -0.1) is 0 Å². The van der Waals surface area contributed by atoms with E-state index in [4.69, 9.17) is 16.3 Å². The van der Waals surface area contributed by atoms with Crippen LogP contribution >= 0.6 is 11.6 Å². The number of carbonyl (C=O) groups excluding carboxylic acids is 1. The number of carbonyl (C=O) groups is 1. The summed E-state index contributed by atoms with van der Waals surface area (Å²) in [5, 5.41) is 16.5. The average Bonchev–Trinajstić information content (AvgIpc) is 3.07. The maximum atomic E-state index is 12.7. The number of likely N-dealkylation sites (tertiary alicyclic amines) is 1. The number of hydrogen-bond donors (Lipinski definition) is 3. The summed E-state index contributed by atoms with van der Waals surface area (Å²) in [4.78, 5) is 14.9. The van der Waals surface area contributed by atoms with Crippen molar-refractivity contribution in [3.63, 3.8) is 0 Å². The van der Waals surface area contributed by atoms with E-state index in [0.717, 1.165) is 13.0 Å². The predicted octanol–water partition coefficient (Wildman–Crippen LogP) is 3.15. The van der Waals surface area contributed by atoms with Crippen molar-refractivity contribution >= 4 is 23.2 Å². The van der Waals surface area contributed by atoms with Crippen molar-refractivity contribution < 1.29 is 14.6 Å². The van der Waals surface area contributed by atoms with Gasteiger partial charge in [-0.2, -0.15) is 0 Å². The number of amides is 1. The molecule has 1 aliphatic heterocycles. The Morgan fingerprint density at radius 1 is 1.31 bits per heavy atom. The van der Waals surface area contributed by atoms with E-state index in [2.05, 4.69) is 27.7 Å². The van der Waals surface area contributed by atoms with E-state index in [-0.39, 0.29) is 18.1 Å². The number of halogens is 1. The summed E-state index contributed by atoms with van der Waals surface area (Å²) in [5.41, 5.74) is 2.33. The molecular formula is C22H28ClN3O3. The van der Waals surface area contributed by atoms with Gasteiger partial charge < -0.3 is 20.5 Å². The molecule has 0 spiro atoms. The van der Waals surface area contributed by atoms with Crippen LogP contribution in [0.3, 0.4) is 0 Å². The van der Waals surface area contributed by atoms with Crippen LogP contribution in [-0.2, 0) is 6.54 Å². The normalized spacial score (nSPS) is 19.2. The Morgan fingerprint density at radius 3 is 2.76 bits per heavy atom. The Morgan fingerprint density at radius 2 is 2.07 bits per heavy atom. The van der Waals surface area contributed by atoms with Crippen molar-refractivity contribution in [2.75, 3.05) is 32.6 Å². The summed E-state index contributed by atoms with van der Waals surface area (Å²) in [6.45, 7) is 1.96. The quantitative estimate of drug-likeness (QED) is 0.615. The molecule has 1 amide bonds. The highest BCUT2D eigenvalue weighted by molar-refractivity contribution is 6.33. The lowest BCUT2D eigenvalue weighted by Crippen LogP contribution is -2.34. The number of rotatable bonds is 8. The molecule has 2 aromatic rings. The lowest BCUT2D eigenvalue weighted by atomic mass is 10.1. The number of anilines is 1. The second kappa shape index (κ2) is 9.96. The topological polar surface area (TPSA) is 73.8 Å². The summed E-state index contributed by atoms with van der Waals surface area (Å²) >= 11 is 6.22. The first-order valence-electron chi connectivity index (χ1n) is 9.81. The van der Waals surface area contributed by atoms with E-state index in [0.29, 0.717) is 41.5 Å². The number of nitrogens with zero attached hydrogens (tertiary/aromatic N) is 1. The van der Waals surface area contributed by atoms with Crippen molar-refractivity contribution in [2.24, 2.45) is 0 Å². The third-order valence-electron chi connectivity index (χ3n) is 5.30. The molecule has 2 atom stereocenters. The summed E-state index contributed by atoms with van der Waals surface area (Å²) in [7, 11) is 3.29. The molecule has 0 saturated carbocycles.